The van der Waals surface area contributed by atoms with Crippen LogP contribution in [0.3, 0.4) is 0 Å². The van der Waals surface area contributed by atoms with E-state index in [-0.39, 0.29) is 0 Å². The fourth-order valence-electron chi connectivity index (χ4n) is 4.44. The first-order chi connectivity index (χ1) is 16.7. The highest BCUT2D eigenvalue weighted by molar-refractivity contribution is 5.94. The quantitative estimate of drug-likeness (QED) is 0.402. The third-order valence-corrected chi connectivity index (χ3v) is 6.39. The molecule has 1 fully saturated rings. The Morgan fingerprint density at radius 1 is 0.882 bits per heavy atom. The summed E-state index contributed by atoms with van der Waals surface area (Å²) in [4.78, 5) is 13.1. The number of anilines is 1. The van der Waals surface area contributed by atoms with Gasteiger partial charge in [0, 0.05) is 37.3 Å². The maximum atomic E-state index is 6.11. The first-order valence-electron chi connectivity index (χ1n) is 11.4. The van der Waals surface area contributed by atoms with Crippen LogP contribution in [0.4, 0.5) is 5.69 Å². The summed E-state index contributed by atoms with van der Waals surface area (Å²) < 4.78 is 11.5. The summed E-state index contributed by atoms with van der Waals surface area (Å²) in [6.45, 7) is 4.21. The molecule has 3 aromatic carbocycles. The zero-order chi connectivity index (χ0) is 23.1. The summed E-state index contributed by atoms with van der Waals surface area (Å²) in [5, 5.41) is 8.59. The number of rotatable bonds is 5. The van der Waals surface area contributed by atoms with E-state index in [1.807, 2.05) is 42.5 Å². The van der Waals surface area contributed by atoms with E-state index in [2.05, 4.69) is 50.2 Å². The zero-order valence-corrected chi connectivity index (χ0v) is 19.2. The summed E-state index contributed by atoms with van der Waals surface area (Å²) >= 11 is 0. The highest BCUT2D eigenvalue weighted by atomic mass is 16.5. The van der Waals surface area contributed by atoms with E-state index in [0.717, 1.165) is 59.6 Å². The van der Waals surface area contributed by atoms with Crippen molar-refractivity contribution < 1.29 is 9.47 Å². The second kappa shape index (κ2) is 8.39. The first-order valence-corrected chi connectivity index (χ1v) is 11.4. The molecule has 1 aliphatic heterocycles. The summed E-state index contributed by atoms with van der Waals surface area (Å²) in [7, 11) is 3.80. The Morgan fingerprint density at radius 2 is 1.71 bits per heavy atom. The average Bonchev–Trinajstić information content (AvgIpc) is 3.48. The first kappa shape index (κ1) is 20.6. The molecule has 172 valence electrons. The van der Waals surface area contributed by atoms with Crippen LogP contribution in [0.15, 0.2) is 60.7 Å². The Morgan fingerprint density at radius 3 is 2.53 bits per heavy atom. The molecule has 6 rings (SSSR count). The van der Waals surface area contributed by atoms with Crippen LogP contribution in [-0.2, 0) is 0 Å². The smallest absolute Gasteiger partial charge is 0.169 e. The van der Waals surface area contributed by atoms with Crippen LogP contribution in [0.2, 0.25) is 0 Å². The van der Waals surface area contributed by atoms with Crippen LogP contribution in [0.5, 0.6) is 17.2 Å². The molecule has 0 bridgehead atoms. The van der Waals surface area contributed by atoms with Gasteiger partial charge in [0.15, 0.2) is 17.3 Å². The van der Waals surface area contributed by atoms with E-state index in [1.54, 1.807) is 7.11 Å². The number of aromatic amines is 2. The van der Waals surface area contributed by atoms with Gasteiger partial charge in [-0.05, 0) is 55.6 Å². The third-order valence-electron chi connectivity index (χ3n) is 6.39. The van der Waals surface area contributed by atoms with Crippen molar-refractivity contribution in [2.75, 3.05) is 45.2 Å². The number of hydrogen-bond donors (Lipinski definition) is 2. The van der Waals surface area contributed by atoms with Crippen molar-refractivity contribution in [3.8, 4) is 28.8 Å². The molecular weight excluding hydrogens is 428 g/mol. The molecule has 2 aromatic heterocycles. The van der Waals surface area contributed by atoms with Gasteiger partial charge in [-0.3, -0.25) is 5.10 Å². The Balaban J connectivity index is 1.33. The van der Waals surface area contributed by atoms with Crippen LogP contribution in [0.1, 0.15) is 0 Å². The van der Waals surface area contributed by atoms with Gasteiger partial charge in [-0.25, -0.2) is 4.98 Å². The predicted octanol–water partition coefficient (Wildman–Crippen LogP) is 4.66. The predicted molar refractivity (Wildman–Crippen MR) is 134 cm³/mol. The number of methoxy groups -OCH3 is 1. The van der Waals surface area contributed by atoms with Crippen LogP contribution in [-0.4, -0.2) is 65.4 Å². The fraction of sp³-hybridized carbons (Fsp3) is 0.231. The van der Waals surface area contributed by atoms with Gasteiger partial charge in [-0.2, -0.15) is 5.10 Å². The van der Waals surface area contributed by atoms with E-state index < -0.39 is 0 Å². The van der Waals surface area contributed by atoms with E-state index in [9.17, 15) is 0 Å². The summed E-state index contributed by atoms with van der Waals surface area (Å²) in [6, 6.07) is 19.9. The molecule has 1 saturated heterocycles. The molecule has 0 atom stereocenters. The van der Waals surface area contributed by atoms with Crippen LogP contribution >= 0.6 is 0 Å². The molecule has 0 unspecified atom stereocenters. The number of imidazole rings is 1. The molecule has 0 saturated carbocycles. The second-order valence-electron chi connectivity index (χ2n) is 8.61. The minimum absolute atomic E-state index is 0.662. The van der Waals surface area contributed by atoms with Crippen LogP contribution in [0, 0.1) is 0 Å². The summed E-state index contributed by atoms with van der Waals surface area (Å²) in [5.41, 5.74) is 4.82. The van der Waals surface area contributed by atoms with Crippen molar-refractivity contribution in [2.45, 2.75) is 0 Å². The molecule has 2 N–H and O–H groups in total. The number of benzene rings is 3. The van der Waals surface area contributed by atoms with Crippen molar-refractivity contribution in [2.24, 2.45) is 0 Å². The summed E-state index contributed by atoms with van der Waals surface area (Å²) in [6.07, 6.45) is 0. The molecule has 5 aromatic rings. The lowest BCUT2D eigenvalue weighted by atomic mass is 10.2. The highest BCUT2D eigenvalue weighted by Crippen LogP contribution is 2.34. The van der Waals surface area contributed by atoms with Crippen LogP contribution in [0.25, 0.3) is 33.5 Å². The number of piperazine rings is 1. The van der Waals surface area contributed by atoms with Crippen molar-refractivity contribution in [3.05, 3.63) is 60.7 Å². The lowest BCUT2D eigenvalue weighted by Gasteiger charge is -2.34. The molecule has 0 spiro atoms. The minimum atomic E-state index is 0.662. The molecule has 34 heavy (non-hydrogen) atoms. The van der Waals surface area contributed by atoms with Crippen molar-refractivity contribution in [1.82, 2.24) is 25.1 Å². The molecule has 0 aliphatic carbocycles. The van der Waals surface area contributed by atoms with Crippen molar-refractivity contribution in [3.63, 3.8) is 0 Å². The van der Waals surface area contributed by atoms with Gasteiger partial charge in [0.2, 0.25) is 0 Å². The van der Waals surface area contributed by atoms with Gasteiger partial charge in [0.25, 0.3) is 0 Å². The number of ether oxygens (including phenoxy) is 2. The van der Waals surface area contributed by atoms with E-state index >= 15 is 0 Å². The fourth-order valence-corrected chi connectivity index (χ4v) is 4.44. The lowest BCUT2D eigenvalue weighted by molar-refractivity contribution is 0.313. The number of likely N-dealkylation sites (N-methyl/N-ethyl adjacent to an activating group) is 1. The highest BCUT2D eigenvalue weighted by Gasteiger charge is 2.17. The van der Waals surface area contributed by atoms with Gasteiger partial charge in [-0.1, -0.05) is 12.1 Å². The van der Waals surface area contributed by atoms with Gasteiger partial charge in [0.05, 0.1) is 23.7 Å². The maximum absolute atomic E-state index is 6.11. The third kappa shape index (κ3) is 3.72. The maximum Gasteiger partial charge on any atom is 0.169 e. The van der Waals surface area contributed by atoms with Gasteiger partial charge in [-0.15, -0.1) is 0 Å². The summed E-state index contributed by atoms with van der Waals surface area (Å²) in [5.74, 6) is 2.78. The molecular formula is C26H26N6O2. The number of aromatic nitrogens is 4. The SMILES string of the molecule is COc1ccccc1Oc1ccc2[nH]nc(-c3nc4ccc(N5CCN(C)CC5)cc4[nH]3)c2c1. The number of para-hydroxylation sites is 2. The number of H-pyrrole nitrogens is 2. The number of fused-ring (bicyclic) bond motifs is 2. The van der Waals surface area contributed by atoms with Gasteiger partial charge in [0.1, 0.15) is 11.4 Å². The minimum Gasteiger partial charge on any atom is -0.493 e. The Bertz CT molecular complexity index is 1470. The molecule has 0 radical (unpaired) electrons. The van der Waals surface area contributed by atoms with Crippen molar-refractivity contribution in [1.29, 1.82) is 0 Å². The second-order valence-corrected chi connectivity index (χ2v) is 8.61. The zero-order valence-electron chi connectivity index (χ0n) is 19.2. The number of nitrogens with one attached hydrogen (secondary N) is 2. The van der Waals surface area contributed by atoms with Gasteiger partial charge >= 0.3 is 0 Å². The largest absolute Gasteiger partial charge is 0.493 e. The normalized spacial score (nSPS) is 14.7. The van der Waals surface area contributed by atoms with Crippen molar-refractivity contribution >= 4 is 27.6 Å². The standard InChI is InChI=1S/C26H26N6O2/c1-31-11-13-32(14-12-31)17-7-9-21-22(15-17)28-26(27-21)25-19-16-18(8-10-20(19)29-30-25)34-24-6-4-3-5-23(24)33-2/h3-10,15-16H,11-14H2,1-2H3,(H,27,28)(H,29,30). The lowest BCUT2D eigenvalue weighted by Crippen LogP contribution is -2.44. The van der Waals surface area contributed by atoms with E-state index in [0.29, 0.717) is 17.2 Å². The molecule has 3 heterocycles. The van der Waals surface area contributed by atoms with Crippen LogP contribution < -0.4 is 14.4 Å². The Hall–Kier alpha value is -4.04. The Kier molecular flexibility index (Phi) is 5.07. The molecule has 8 heteroatoms. The molecule has 8 nitrogen and oxygen atoms in total. The average molecular weight is 455 g/mol. The van der Waals surface area contributed by atoms with E-state index in [4.69, 9.17) is 14.5 Å². The van der Waals surface area contributed by atoms with E-state index in [1.165, 1.54) is 5.69 Å². The topological polar surface area (TPSA) is 82.3 Å². The molecule has 0 amide bonds. The Labute approximate surface area is 197 Å². The van der Waals surface area contributed by atoms with Gasteiger partial charge < -0.3 is 24.3 Å². The monoisotopic (exact) mass is 454 g/mol. The number of hydrogen-bond acceptors (Lipinski definition) is 6. The number of nitrogens with zero attached hydrogens (tertiary/aromatic N) is 4. The molecule has 1 aliphatic rings.